The minimum Gasteiger partial charge on any atom is -0.493 e. The maximum absolute atomic E-state index is 12.9. The highest BCUT2D eigenvalue weighted by Gasteiger charge is 2.28. The van der Waals surface area contributed by atoms with Gasteiger partial charge in [-0.05, 0) is 54.7 Å². The summed E-state index contributed by atoms with van der Waals surface area (Å²) in [6.07, 6.45) is 3.48. The van der Waals surface area contributed by atoms with Gasteiger partial charge in [0.2, 0.25) is 15.2 Å². The summed E-state index contributed by atoms with van der Waals surface area (Å²) in [7, 11) is -0.280. The Morgan fingerprint density at radius 2 is 1.79 bits per heavy atom. The molecule has 8 nitrogen and oxygen atoms in total. The third kappa shape index (κ3) is 5.40. The summed E-state index contributed by atoms with van der Waals surface area (Å²) in [5, 5.41) is 6.78. The summed E-state index contributed by atoms with van der Waals surface area (Å²) in [5.41, 5.74) is 5.38. The lowest BCUT2D eigenvalue weighted by Gasteiger charge is -2.29. The van der Waals surface area contributed by atoms with E-state index < -0.39 is 10.0 Å². The van der Waals surface area contributed by atoms with Crippen molar-refractivity contribution in [3.05, 3.63) is 53.4 Å². The lowest BCUT2D eigenvalue weighted by atomic mass is 10.0. The van der Waals surface area contributed by atoms with Gasteiger partial charge in [0.25, 0.3) is 0 Å². The van der Waals surface area contributed by atoms with E-state index in [4.69, 9.17) is 9.47 Å². The number of sulfonamides is 1. The summed E-state index contributed by atoms with van der Waals surface area (Å²) in [6.45, 7) is 3.32. The van der Waals surface area contributed by atoms with E-state index >= 15 is 0 Å². The molecule has 0 unspecified atom stereocenters. The zero-order chi connectivity index (χ0) is 24.1. The van der Waals surface area contributed by atoms with Gasteiger partial charge in [-0.3, -0.25) is 5.43 Å². The average molecular weight is 501 g/mol. The van der Waals surface area contributed by atoms with Gasteiger partial charge in [-0.2, -0.15) is 9.41 Å². The second-order valence-electron chi connectivity index (χ2n) is 8.13. The van der Waals surface area contributed by atoms with E-state index in [1.165, 1.54) is 11.3 Å². The molecule has 4 rings (SSSR count). The molecule has 34 heavy (non-hydrogen) atoms. The summed E-state index contributed by atoms with van der Waals surface area (Å²) in [4.78, 5) is 4.87. The van der Waals surface area contributed by atoms with Crippen molar-refractivity contribution in [1.82, 2.24) is 9.29 Å². The van der Waals surface area contributed by atoms with E-state index in [0.29, 0.717) is 40.5 Å². The number of aromatic nitrogens is 1. The van der Waals surface area contributed by atoms with Crippen LogP contribution in [0.1, 0.15) is 25.3 Å². The lowest BCUT2D eigenvalue weighted by Crippen LogP contribution is -2.37. The van der Waals surface area contributed by atoms with Crippen molar-refractivity contribution in [2.75, 3.05) is 32.7 Å². The SMILES string of the molecule is COc1ccc(C=NNc2nc(-c3ccc(S(=O)(=O)N4CCC(C)CC4)cc3)cs2)cc1OC. The van der Waals surface area contributed by atoms with Gasteiger partial charge < -0.3 is 9.47 Å². The van der Waals surface area contributed by atoms with Crippen LogP contribution in [0.5, 0.6) is 11.5 Å². The molecule has 1 aliphatic rings. The van der Waals surface area contributed by atoms with Crippen molar-refractivity contribution in [3.63, 3.8) is 0 Å². The topological polar surface area (TPSA) is 93.1 Å². The third-order valence-corrected chi connectivity index (χ3v) is 8.48. The van der Waals surface area contributed by atoms with Crippen molar-refractivity contribution in [2.45, 2.75) is 24.7 Å². The number of thiazole rings is 1. The molecule has 0 spiro atoms. The monoisotopic (exact) mass is 500 g/mol. The van der Waals surface area contributed by atoms with E-state index in [1.807, 2.05) is 23.6 Å². The Bertz CT molecular complexity index is 1250. The summed E-state index contributed by atoms with van der Waals surface area (Å²) >= 11 is 1.42. The normalized spacial score (nSPS) is 15.5. The summed E-state index contributed by atoms with van der Waals surface area (Å²) < 4.78 is 38.0. The van der Waals surface area contributed by atoms with E-state index in [-0.39, 0.29) is 0 Å². The largest absolute Gasteiger partial charge is 0.493 e. The van der Waals surface area contributed by atoms with Crippen molar-refractivity contribution in [1.29, 1.82) is 0 Å². The van der Waals surface area contributed by atoms with Crippen molar-refractivity contribution >= 4 is 32.7 Å². The molecule has 0 radical (unpaired) electrons. The Hall–Kier alpha value is -2.95. The first kappa shape index (κ1) is 24.2. The molecular formula is C24H28N4O4S2. The first-order valence-corrected chi connectivity index (χ1v) is 13.3. The van der Waals surface area contributed by atoms with Crippen LogP contribution in [0.15, 0.2) is 57.8 Å². The molecule has 0 aliphatic carbocycles. The van der Waals surface area contributed by atoms with E-state index in [1.54, 1.807) is 49.0 Å². The number of piperidine rings is 1. The van der Waals surface area contributed by atoms with Crippen LogP contribution in [-0.2, 0) is 10.0 Å². The van der Waals surface area contributed by atoms with Gasteiger partial charge in [0, 0.05) is 24.0 Å². The number of benzene rings is 2. The minimum absolute atomic E-state index is 0.318. The molecule has 1 aromatic heterocycles. The van der Waals surface area contributed by atoms with Crippen LogP contribution in [0.2, 0.25) is 0 Å². The van der Waals surface area contributed by atoms with Crippen LogP contribution in [0.4, 0.5) is 5.13 Å². The van der Waals surface area contributed by atoms with Crippen molar-refractivity contribution in [3.8, 4) is 22.8 Å². The van der Waals surface area contributed by atoms with Gasteiger partial charge in [0.1, 0.15) is 0 Å². The second-order valence-corrected chi connectivity index (χ2v) is 10.9. The number of methoxy groups -OCH3 is 2. The Labute approximate surface area is 204 Å². The van der Waals surface area contributed by atoms with Crippen molar-refractivity contribution < 1.29 is 17.9 Å². The number of hydrogen-bond acceptors (Lipinski definition) is 8. The minimum atomic E-state index is -3.46. The maximum Gasteiger partial charge on any atom is 0.243 e. The number of nitrogens with one attached hydrogen (secondary N) is 1. The van der Waals surface area contributed by atoms with Crippen LogP contribution < -0.4 is 14.9 Å². The van der Waals surface area contributed by atoms with Crippen LogP contribution in [0, 0.1) is 5.92 Å². The molecule has 1 fully saturated rings. The fraction of sp³-hybridized carbons (Fsp3) is 0.333. The van der Waals surface area contributed by atoms with E-state index in [0.717, 1.165) is 29.7 Å². The molecular weight excluding hydrogens is 472 g/mol. The Kier molecular flexibility index (Phi) is 7.50. The van der Waals surface area contributed by atoms with Crippen LogP contribution in [0.3, 0.4) is 0 Å². The van der Waals surface area contributed by atoms with E-state index in [2.05, 4.69) is 22.4 Å². The molecule has 1 aliphatic heterocycles. The zero-order valence-electron chi connectivity index (χ0n) is 19.4. The number of hydrazone groups is 1. The molecule has 1 saturated heterocycles. The molecule has 3 aromatic rings. The Balaban J connectivity index is 1.41. The highest BCUT2D eigenvalue weighted by atomic mass is 32.2. The molecule has 0 bridgehead atoms. The van der Waals surface area contributed by atoms with Gasteiger partial charge >= 0.3 is 0 Å². The number of rotatable bonds is 8. The van der Waals surface area contributed by atoms with Gasteiger partial charge in [0.15, 0.2) is 11.5 Å². The fourth-order valence-corrected chi connectivity index (χ4v) is 5.86. The molecule has 0 amide bonds. The lowest BCUT2D eigenvalue weighted by molar-refractivity contribution is 0.288. The number of anilines is 1. The molecule has 2 aromatic carbocycles. The zero-order valence-corrected chi connectivity index (χ0v) is 21.0. The van der Waals surface area contributed by atoms with Gasteiger partial charge in [-0.15, -0.1) is 11.3 Å². The first-order chi connectivity index (χ1) is 16.4. The highest BCUT2D eigenvalue weighted by molar-refractivity contribution is 7.89. The predicted octanol–water partition coefficient (Wildman–Crippen LogP) is 4.69. The molecule has 2 heterocycles. The van der Waals surface area contributed by atoms with Gasteiger partial charge in [0.05, 0.1) is 31.0 Å². The molecule has 1 N–H and O–H groups in total. The summed E-state index contributed by atoms with van der Waals surface area (Å²) in [6, 6.07) is 12.4. The number of hydrogen-bond donors (Lipinski definition) is 1. The number of nitrogens with zero attached hydrogens (tertiary/aromatic N) is 3. The Morgan fingerprint density at radius 3 is 2.47 bits per heavy atom. The van der Waals surface area contributed by atoms with E-state index in [9.17, 15) is 8.42 Å². The highest BCUT2D eigenvalue weighted by Crippen LogP contribution is 2.29. The maximum atomic E-state index is 12.9. The predicted molar refractivity (Wildman–Crippen MR) is 135 cm³/mol. The average Bonchev–Trinajstić information content (AvgIpc) is 3.33. The first-order valence-electron chi connectivity index (χ1n) is 11.0. The van der Waals surface area contributed by atoms with Crippen LogP contribution in [0.25, 0.3) is 11.3 Å². The second kappa shape index (κ2) is 10.5. The third-order valence-electron chi connectivity index (χ3n) is 5.82. The van der Waals surface area contributed by atoms with Gasteiger partial charge in [-0.25, -0.2) is 13.4 Å². The molecule has 10 heteroatoms. The number of ether oxygens (including phenoxy) is 2. The quantitative estimate of drug-likeness (QED) is 0.356. The van der Waals surface area contributed by atoms with Crippen molar-refractivity contribution in [2.24, 2.45) is 11.0 Å². The molecule has 0 saturated carbocycles. The van der Waals surface area contributed by atoms with Gasteiger partial charge in [-0.1, -0.05) is 19.1 Å². The standard InChI is InChI=1S/C24H28N4O4S2/c1-17-10-12-28(13-11-17)34(29,30)20-7-5-19(6-8-20)21-16-33-24(26-21)27-25-15-18-4-9-22(31-2)23(14-18)32-3/h4-9,14-17H,10-13H2,1-3H3,(H,26,27). The van der Waals surface area contributed by atoms with Crippen LogP contribution in [-0.4, -0.2) is 51.2 Å². The molecule has 180 valence electrons. The fourth-order valence-electron chi connectivity index (χ4n) is 3.72. The molecule has 0 atom stereocenters. The summed E-state index contributed by atoms with van der Waals surface area (Å²) in [5.74, 6) is 1.86. The Morgan fingerprint density at radius 1 is 1.09 bits per heavy atom. The smallest absolute Gasteiger partial charge is 0.243 e. The van der Waals surface area contributed by atoms with Crippen LogP contribution >= 0.6 is 11.3 Å².